The van der Waals surface area contributed by atoms with E-state index in [2.05, 4.69) is 10.2 Å². The van der Waals surface area contributed by atoms with Crippen LogP contribution in [0.2, 0.25) is 0 Å². The van der Waals surface area contributed by atoms with Crippen LogP contribution in [0, 0.1) is 10.1 Å². The van der Waals surface area contributed by atoms with Crippen molar-refractivity contribution in [2.45, 2.75) is 4.90 Å². The number of non-ortho nitro benzene ring substituents is 1. The van der Waals surface area contributed by atoms with Crippen molar-refractivity contribution < 1.29 is 23.0 Å². The van der Waals surface area contributed by atoms with Crippen LogP contribution in [-0.2, 0) is 10.1 Å². The minimum atomic E-state index is -4.85. The van der Waals surface area contributed by atoms with Gasteiger partial charge in [-0.15, -0.1) is 10.2 Å². The molecule has 0 aliphatic rings. The van der Waals surface area contributed by atoms with Gasteiger partial charge in [0.15, 0.2) is 0 Å². The molecule has 2 aromatic rings. The summed E-state index contributed by atoms with van der Waals surface area (Å²) in [6.07, 6.45) is 0. The van der Waals surface area contributed by atoms with Gasteiger partial charge in [0.05, 0.1) is 21.2 Å². The third-order valence-electron chi connectivity index (χ3n) is 2.86. The minimum absolute atomic E-state index is 0.0754. The lowest BCUT2D eigenvalue weighted by molar-refractivity contribution is -0.384. The number of benzene rings is 2. The van der Waals surface area contributed by atoms with Crippen molar-refractivity contribution in [3.05, 3.63) is 40.4 Å². The van der Waals surface area contributed by atoms with Gasteiger partial charge in [0, 0.05) is 12.1 Å². The lowest BCUT2D eigenvalue weighted by Gasteiger charge is -2.11. The molecule has 0 fully saturated rings. The summed E-state index contributed by atoms with van der Waals surface area (Å²) in [6.45, 7) is 0. The first kappa shape index (κ1) is 17.1. The number of nitrogens with zero attached hydrogens (tertiary/aromatic N) is 3. The van der Waals surface area contributed by atoms with E-state index in [1.165, 1.54) is 0 Å². The highest BCUT2D eigenvalue weighted by Gasteiger charge is 2.13. The quantitative estimate of drug-likeness (QED) is 0.243. The Morgan fingerprint density at radius 3 is 2.25 bits per heavy atom. The van der Waals surface area contributed by atoms with E-state index in [1.807, 2.05) is 0 Å². The van der Waals surface area contributed by atoms with E-state index in [0.29, 0.717) is 0 Å². The van der Waals surface area contributed by atoms with Gasteiger partial charge in [-0.3, -0.25) is 10.1 Å². The fraction of sp³-hybridized carbons (Fsp3) is 0. The van der Waals surface area contributed by atoms with E-state index in [4.69, 9.17) is 11.5 Å². The van der Waals surface area contributed by atoms with Crippen molar-refractivity contribution >= 4 is 38.6 Å². The molecule has 0 aromatic heterocycles. The molecule has 0 saturated carbocycles. The number of nitro benzene ring substituents is 1. The summed E-state index contributed by atoms with van der Waals surface area (Å²) in [5.41, 5.74) is 9.82. The Morgan fingerprint density at radius 1 is 1.04 bits per heavy atom. The predicted molar refractivity (Wildman–Crippen MR) is 82.2 cm³/mol. The zero-order valence-electron chi connectivity index (χ0n) is 11.8. The summed E-state index contributed by atoms with van der Waals surface area (Å²) < 4.78 is 33.3. The van der Waals surface area contributed by atoms with Crippen molar-refractivity contribution in [3.63, 3.8) is 0 Å². The molecule has 0 unspecified atom stereocenters. The number of nitrogen functional groups attached to an aromatic ring is 2. The molecule has 11 nitrogen and oxygen atoms in total. The zero-order chi connectivity index (χ0) is 18.1. The van der Waals surface area contributed by atoms with Crippen LogP contribution in [0.3, 0.4) is 0 Å². The van der Waals surface area contributed by atoms with E-state index < -0.39 is 25.7 Å². The third kappa shape index (κ3) is 3.56. The van der Waals surface area contributed by atoms with Crippen LogP contribution in [0.25, 0.3) is 0 Å². The number of azo groups is 1. The predicted octanol–water partition coefficient (Wildman–Crippen LogP) is 1.78. The van der Waals surface area contributed by atoms with Gasteiger partial charge in [-0.1, -0.05) is 0 Å². The number of aromatic hydroxyl groups is 1. The highest BCUT2D eigenvalue weighted by Crippen LogP contribution is 2.35. The molecule has 0 atom stereocenters. The molecule has 0 amide bonds. The molecule has 0 heterocycles. The van der Waals surface area contributed by atoms with Gasteiger partial charge in [0.1, 0.15) is 27.2 Å². The van der Waals surface area contributed by atoms with Gasteiger partial charge in [-0.25, -0.2) is 8.42 Å². The number of hydrogen-bond acceptors (Lipinski definition) is 10. The maximum absolute atomic E-state index is 11.1. The molecule has 0 saturated heterocycles. The highest BCUT2D eigenvalue weighted by atomic mass is 32.2. The molecule has 2 rings (SSSR count). The van der Waals surface area contributed by atoms with E-state index in [9.17, 15) is 28.2 Å². The second-order valence-electron chi connectivity index (χ2n) is 4.53. The molecular formula is C12H10N5O6S-. The van der Waals surface area contributed by atoms with Crippen molar-refractivity contribution in [1.82, 2.24) is 0 Å². The topological polar surface area (TPSA) is 197 Å². The Hall–Kier alpha value is -3.25. The monoisotopic (exact) mass is 352 g/mol. The smallest absolute Gasteiger partial charge is 0.271 e. The summed E-state index contributed by atoms with van der Waals surface area (Å²) in [4.78, 5) is 9.28. The van der Waals surface area contributed by atoms with E-state index in [1.54, 1.807) is 0 Å². The summed E-state index contributed by atoms with van der Waals surface area (Å²) >= 11 is 0. The van der Waals surface area contributed by atoms with E-state index >= 15 is 0 Å². The largest absolute Gasteiger partial charge is 0.744 e. The van der Waals surface area contributed by atoms with Crippen LogP contribution in [0.5, 0.6) is 5.75 Å². The summed E-state index contributed by atoms with van der Waals surface area (Å²) in [7, 11) is -4.85. The number of nitrogens with two attached hydrogens (primary N) is 2. The normalized spacial score (nSPS) is 11.7. The van der Waals surface area contributed by atoms with Crippen LogP contribution in [0.15, 0.2) is 45.5 Å². The number of anilines is 2. The standard InChI is InChI=1S/C12H11N5O6S/c13-7-4-8(14)12(24(21,22)23)5-9(7)15-16-10-3-6(17(19)20)1-2-11(10)18/h1-5,18H,13-14H2,(H,21,22,23)/p-1. The fourth-order valence-corrected chi connectivity index (χ4v) is 2.32. The molecule has 0 bridgehead atoms. The van der Waals surface area contributed by atoms with Gasteiger partial charge in [0.25, 0.3) is 5.69 Å². The van der Waals surface area contributed by atoms with Crippen molar-refractivity contribution in [2.24, 2.45) is 10.2 Å². The summed E-state index contributed by atoms with van der Waals surface area (Å²) in [5.74, 6) is -0.393. The number of phenols is 1. The van der Waals surface area contributed by atoms with Gasteiger partial charge < -0.3 is 21.1 Å². The second-order valence-corrected chi connectivity index (χ2v) is 5.88. The Bertz CT molecular complexity index is 957. The maximum atomic E-state index is 11.1. The molecule has 2 aromatic carbocycles. The van der Waals surface area contributed by atoms with Gasteiger partial charge in [0.2, 0.25) is 0 Å². The molecule has 0 radical (unpaired) electrons. The van der Waals surface area contributed by atoms with Gasteiger partial charge in [-0.05, 0) is 18.2 Å². The van der Waals surface area contributed by atoms with Crippen molar-refractivity contribution in [3.8, 4) is 5.75 Å². The molecule has 0 aliphatic heterocycles. The Kier molecular flexibility index (Phi) is 4.35. The zero-order valence-corrected chi connectivity index (χ0v) is 12.6. The Morgan fingerprint density at radius 2 is 1.67 bits per heavy atom. The van der Waals surface area contributed by atoms with Crippen molar-refractivity contribution in [2.75, 3.05) is 11.5 Å². The average Bonchev–Trinajstić information content (AvgIpc) is 2.46. The highest BCUT2D eigenvalue weighted by molar-refractivity contribution is 7.86. The SMILES string of the molecule is Nc1cc(N)c(S(=O)(=O)[O-])cc1N=Nc1cc([N+](=O)[O-])ccc1O. The number of nitro groups is 1. The number of rotatable bonds is 4. The van der Waals surface area contributed by atoms with Crippen LogP contribution >= 0.6 is 0 Å². The van der Waals surface area contributed by atoms with Crippen LogP contribution in [0.4, 0.5) is 28.4 Å². The first-order valence-corrected chi connectivity index (χ1v) is 7.54. The lowest BCUT2D eigenvalue weighted by Crippen LogP contribution is -2.04. The van der Waals surface area contributed by atoms with Crippen molar-refractivity contribution in [1.29, 1.82) is 0 Å². The Labute approximate surface area is 135 Å². The van der Waals surface area contributed by atoms with E-state index in [-0.39, 0.29) is 28.4 Å². The lowest BCUT2D eigenvalue weighted by atomic mass is 10.2. The number of hydrogen-bond donors (Lipinski definition) is 3. The average molecular weight is 352 g/mol. The first-order valence-electron chi connectivity index (χ1n) is 6.13. The van der Waals surface area contributed by atoms with E-state index in [0.717, 1.165) is 30.3 Å². The molecule has 0 aliphatic carbocycles. The molecular weight excluding hydrogens is 342 g/mol. The van der Waals surface area contributed by atoms with Crippen LogP contribution in [-0.4, -0.2) is 23.0 Å². The summed E-state index contributed by atoms with van der Waals surface area (Å²) in [5, 5.41) is 27.5. The number of phenolic OH excluding ortho intramolecular Hbond substituents is 1. The third-order valence-corrected chi connectivity index (χ3v) is 3.76. The first-order chi connectivity index (χ1) is 11.1. The van der Waals surface area contributed by atoms with Crippen LogP contribution in [0.1, 0.15) is 0 Å². The fourth-order valence-electron chi connectivity index (χ4n) is 1.72. The maximum Gasteiger partial charge on any atom is 0.271 e. The second kappa shape index (κ2) is 6.10. The Balaban J connectivity index is 2.50. The molecule has 126 valence electrons. The molecule has 5 N–H and O–H groups in total. The molecule has 12 heteroatoms. The van der Waals surface area contributed by atoms with Gasteiger partial charge >= 0.3 is 0 Å². The van der Waals surface area contributed by atoms with Crippen LogP contribution < -0.4 is 11.5 Å². The van der Waals surface area contributed by atoms with Gasteiger partial charge in [-0.2, -0.15) is 0 Å². The summed E-state index contributed by atoms with van der Waals surface area (Å²) in [6, 6.07) is 4.91. The molecule has 0 spiro atoms. The molecule has 24 heavy (non-hydrogen) atoms. The minimum Gasteiger partial charge on any atom is -0.744 e.